The largest absolute Gasteiger partial charge is 0.481 e. The minimum Gasteiger partial charge on any atom is -0.481 e. The quantitative estimate of drug-likeness (QED) is 0.871. The molecule has 1 aromatic carbocycles. The predicted octanol–water partition coefficient (Wildman–Crippen LogP) is 1.04. The molecule has 1 unspecified atom stereocenters. The molecule has 3 rings (SSSR count). The molecule has 2 aromatic rings. The number of hydrogen-bond acceptors (Lipinski definition) is 3. The molecule has 6 nitrogen and oxygen atoms in total. The summed E-state index contributed by atoms with van der Waals surface area (Å²) < 4.78 is 0. The van der Waals surface area contributed by atoms with Crippen LogP contribution in [0.2, 0.25) is 0 Å². The number of fused-ring (bicyclic) bond motifs is 1. The first-order chi connectivity index (χ1) is 9.63. The van der Waals surface area contributed by atoms with E-state index in [0.717, 1.165) is 16.5 Å². The normalized spacial score (nSPS) is 18.9. The number of rotatable bonds is 4. The van der Waals surface area contributed by atoms with Gasteiger partial charge in [-0.25, -0.2) is 0 Å². The Labute approximate surface area is 115 Å². The van der Waals surface area contributed by atoms with Crippen LogP contribution < -0.4 is 0 Å². The van der Waals surface area contributed by atoms with E-state index in [2.05, 4.69) is 10.2 Å². The summed E-state index contributed by atoms with van der Waals surface area (Å²) in [6.45, 7) is 0.878. The molecule has 2 heterocycles. The summed E-state index contributed by atoms with van der Waals surface area (Å²) in [6.07, 6.45) is 2.60. The number of carbonyl (C=O) groups excluding carboxylic acids is 1. The third kappa shape index (κ3) is 2.36. The molecule has 0 spiro atoms. The molecule has 1 aliphatic rings. The maximum Gasteiger partial charge on any atom is 0.308 e. The minimum atomic E-state index is -0.889. The van der Waals surface area contributed by atoms with Crippen LogP contribution in [-0.2, 0) is 16.0 Å². The van der Waals surface area contributed by atoms with Crippen molar-refractivity contribution in [2.45, 2.75) is 12.8 Å². The average Bonchev–Trinajstić information content (AvgIpc) is 3.02. The molecule has 1 aromatic heterocycles. The second-order valence-electron chi connectivity index (χ2n) is 5.12. The fourth-order valence-corrected chi connectivity index (χ4v) is 2.56. The highest BCUT2D eigenvalue weighted by Gasteiger charge is 2.33. The van der Waals surface area contributed by atoms with Gasteiger partial charge in [0.05, 0.1) is 17.6 Å². The number of carboxylic acids is 1. The Balaban J connectivity index is 1.64. The van der Waals surface area contributed by atoms with Gasteiger partial charge in [0.1, 0.15) is 0 Å². The van der Waals surface area contributed by atoms with Crippen molar-refractivity contribution in [3.8, 4) is 0 Å². The summed E-state index contributed by atoms with van der Waals surface area (Å²) in [7, 11) is 0. The lowest BCUT2D eigenvalue weighted by Gasteiger charge is -2.15. The number of carbonyl (C=O) groups is 2. The zero-order valence-electron chi connectivity index (χ0n) is 10.9. The Bertz CT molecular complexity index is 664. The first-order valence-electron chi connectivity index (χ1n) is 6.56. The summed E-state index contributed by atoms with van der Waals surface area (Å²) >= 11 is 0. The molecular formula is C14H15N3O3. The van der Waals surface area contributed by atoms with Crippen LogP contribution in [0, 0.1) is 5.92 Å². The van der Waals surface area contributed by atoms with Crippen LogP contribution in [0.15, 0.2) is 24.4 Å². The van der Waals surface area contributed by atoms with Crippen molar-refractivity contribution >= 4 is 22.8 Å². The van der Waals surface area contributed by atoms with Crippen LogP contribution in [0.5, 0.6) is 0 Å². The van der Waals surface area contributed by atoms with E-state index >= 15 is 0 Å². The molecule has 1 fully saturated rings. The molecule has 1 aliphatic heterocycles. The molecule has 0 radical (unpaired) electrons. The molecule has 0 bridgehead atoms. The fourth-order valence-electron chi connectivity index (χ4n) is 2.56. The van der Waals surface area contributed by atoms with Gasteiger partial charge < -0.3 is 10.0 Å². The first kappa shape index (κ1) is 12.7. The lowest BCUT2D eigenvalue weighted by atomic mass is 10.1. The number of benzene rings is 1. The third-order valence-corrected chi connectivity index (χ3v) is 3.74. The number of aliphatic carboxylic acids is 1. The van der Waals surface area contributed by atoms with Gasteiger partial charge in [-0.15, -0.1) is 0 Å². The highest BCUT2D eigenvalue weighted by Crippen LogP contribution is 2.19. The number of aromatic nitrogens is 2. The van der Waals surface area contributed by atoms with E-state index < -0.39 is 11.9 Å². The lowest BCUT2D eigenvalue weighted by Crippen LogP contribution is -2.28. The van der Waals surface area contributed by atoms with E-state index in [1.54, 1.807) is 11.1 Å². The van der Waals surface area contributed by atoms with Crippen molar-refractivity contribution in [3.05, 3.63) is 30.0 Å². The van der Waals surface area contributed by atoms with Gasteiger partial charge in [-0.05, 0) is 18.1 Å². The Morgan fingerprint density at radius 2 is 2.35 bits per heavy atom. The third-order valence-electron chi connectivity index (χ3n) is 3.74. The van der Waals surface area contributed by atoms with E-state index in [1.165, 1.54) is 0 Å². The first-order valence-corrected chi connectivity index (χ1v) is 6.56. The zero-order valence-corrected chi connectivity index (χ0v) is 10.9. The Morgan fingerprint density at radius 1 is 1.50 bits per heavy atom. The lowest BCUT2D eigenvalue weighted by molar-refractivity contribution is -0.141. The van der Waals surface area contributed by atoms with Crippen molar-refractivity contribution in [2.75, 3.05) is 13.1 Å². The van der Waals surface area contributed by atoms with Crippen LogP contribution >= 0.6 is 0 Å². The number of nitrogens with zero attached hydrogens (tertiary/aromatic N) is 2. The van der Waals surface area contributed by atoms with Gasteiger partial charge in [-0.3, -0.25) is 14.7 Å². The Morgan fingerprint density at radius 3 is 3.10 bits per heavy atom. The summed E-state index contributed by atoms with van der Waals surface area (Å²) in [5.74, 6) is -1.52. The van der Waals surface area contributed by atoms with Crippen molar-refractivity contribution in [2.24, 2.45) is 5.92 Å². The average molecular weight is 273 g/mol. The van der Waals surface area contributed by atoms with E-state index in [9.17, 15) is 9.59 Å². The maximum absolute atomic E-state index is 11.7. The van der Waals surface area contributed by atoms with Crippen LogP contribution in [-0.4, -0.2) is 45.2 Å². The fraction of sp³-hybridized carbons (Fsp3) is 0.357. The second-order valence-corrected chi connectivity index (χ2v) is 5.12. The van der Waals surface area contributed by atoms with E-state index in [0.29, 0.717) is 19.5 Å². The number of H-pyrrole nitrogens is 1. The molecule has 1 atom stereocenters. The van der Waals surface area contributed by atoms with Gasteiger partial charge in [0, 0.05) is 24.9 Å². The molecule has 0 saturated carbocycles. The van der Waals surface area contributed by atoms with Crippen molar-refractivity contribution in [3.63, 3.8) is 0 Å². The second kappa shape index (κ2) is 4.96. The van der Waals surface area contributed by atoms with Gasteiger partial charge in [0.15, 0.2) is 0 Å². The van der Waals surface area contributed by atoms with Gasteiger partial charge in [0.2, 0.25) is 5.91 Å². The SMILES string of the molecule is O=C(O)C1CC(=O)N(CCc2ccc3cn[nH]c3c2)C1. The van der Waals surface area contributed by atoms with Gasteiger partial charge in [-0.2, -0.15) is 5.10 Å². The predicted molar refractivity (Wildman–Crippen MR) is 72.1 cm³/mol. The number of aromatic amines is 1. The van der Waals surface area contributed by atoms with Crippen molar-refractivity contribution in [1.29, 1.82) is 0 Å². The number of amides is 1. The standard InChI is InChI=1S/C14H15N3O3/c18-13-6-11(14(19)20)8-17(13)4-3-9-1-2-10-7-15-16-12(10)5-9/h1-2,5,7,11H,3-4,6,8H2,(H,15,16)(H,19,20). The smallest absolute Gasteiger partial charge is 0.308 e. The molecule has 2 N–H and O–H groups in total. The van der Waals surface area contributed by atoms with Crippen LogP contribution in [0.1, 0.15) is 12.0 Å². The molecule has 1 amide bonds. The molecule has 1 saturated heterocycles. The van der Waals surface area contributed by atoms with E-state index in [4.69, 9.17) is 5.11 Å². The van der Waals surface area contributed by atoms with Gasteiger partial charge in [0.25, 0.3) is 0 Å². The summed E-state index contributed by atoms with van der Waals surface area (Å²) in [6, 6.07) is 6.00. The molecule has 20 heavy (non-hydrogen) atoms. The Hall–Kier alpha value is -2.37. The van der Waals surface area contributed by atoms with E-state index in [1.807, 2.05) is 18.2 Å². The highest BCUT2D eigenvalue weighted by molar-refractivity contribution is 5.86. The van der Waals surface area contributed by atoms with Crippen LogP contribution in [0.25, 0.3) is 10.9 Å². The minimum absolute atomic E-state index is 0.0694. The number of likely N-dealkylation sites (tertiary alicyclic amines) is 1. The molecule has 104 valence electrons. The van der Waals surface area contributed by atoms with Crippen molar-refractivity contribution < 1.29 is 14.7 Å². The Kier molecular flexibility index (Phi) is 3.14. The monoisotopic (exact) mass is 273 g/mol. The molecule has 0 aliphatic carbocycles. The van der Waals surface area contributed by atoms with Crippen LogP contribution in [0.3, 0.4) is 0 Å². The summed E-state index contributed by atoms with van der Waals surface area (Å²) in [5.41, 5.74) is 2.08. The maximum atomic E-state index is 11.7. The van der Waals surface area contributed by atoms with Crippen molar-refractivity contribution in [1.82, 2.24) is 15.1 Å². The zero-order chi connectivity index (χ0) is 14.1. The topological polar surface area (TPSA) is 86.3 Å². The van der Waals surface area contributed by atoms with E-state index in [-0.39, 0.29) is 12.3 Å². The van der Waals surface area contributed by atoms with Gasteiger partial charge in [-0.1, -0.05) is 12.1 Å². The van der Waals surface area contributed by atoms with Crippen LogP contribution in [0.4, 0.5) is 0 Å². The summed E-state index contributed by atoms with van der Waals surface area (Å²) in [5, 5.41) is 16.9. The highest BCUT2D eigenvalue weighted by atomic mass is 16.4. The number of carboxylic acid groups (broad SMARTS) is 1. The van der Waals surface area contributed by atoms with Gasteiger partial charge >= 0.3 is 5.97 Å². The summed E-state index contributed by atoms with van der Waals surface area (Å²) in [4.78, 5) is 24.3. The number of hydrogen-bond donors (Lipinski definition) is 2. The molecule has 6 heteroatoms. The molecular weight excluding hydrogens is 258 g/mol. The number of nitrogens with one attached hydrogen (secondary N) is 1.